The van der Waals surface area contributed by atoms with Crippen LogP contribution in [0.1, 0.15) is 18.5 Å². The lowest BCUT2D eigenvalue weighted by atomic mass is 10.2. The van der Waals surface area contributed by atoms with E-state index < -0.39 is 11.7 Å². The zero-order valence-corrected chi connectivity index (χ0v) is 11.7. The van der Waals surface area contributed by atoms with Gasteiger partial charge in [0.25, 0.3) is 0 Å². The van der Waals surface area contributed by atoms with Crippen molar-refractivity contribution < 1.29 is 17.6 Å². The van der Waals surface area contributed by atoms with Gasteiger partial charge in [-0.25, -0.2) is 9.37 Å². The van der Waals surface area contributed by atoms with Crippen LogP contribution in [0, 0.1) is 5.82 Å². The van der Waals surface area contributed by atoms with E-state index in [0.717, 1.165) is 5.56 Å². The quantitative estimate of drug-likeness (QED) is 0.858. The molecule has 1 aromatic heterocycles. The molecule has 0 amide bonds. The van der Waals surface area contributed by atoms with Crippen molar-refractivity contribution in [2.45, 2.75) is 31.1 Å². The van der Waals surface area contributed by atoms with Crippen molar-refractivity contribution in [1.82, 2.24) is 10.3 Å². The molecule has 1 aliphatic carbocycles. The highest BCUT2D eigenvalue weighted by atomic mass is 32.1. The second-order valence-electron chi connectivity index (χ2n) is 5.08. The summed E-state index contributed by atoms with van der Waals surface area (Å²) in [7, 11) is 0. The van der Waals surface area contributed by atoms with Gasteiger partial charge in [-0.2, -0.15) is 13.2 Å². The third-order valence-corrected chi connectivity index (χ3v) is 4.48. The van der Waals surface area contributed by atoms with E-state index in [1.165, 1.54) is 23.5 Å². The summed E-state index contributed by atoms with van der Waals surface area (Å²) in [5.74, 6) is -0.335. The highest BCUT2D eigenvalue weighted by Gasteiger charge is 2.62. The van der Waals surface area contributed by atoms with Crippen LogP contribution >= 0.6 is 11.3 Å². The Morgan fingerprint density at radius 2 is 1.86 bits per heavy atom. The fourth-order valence-corrected chi connectivity index (χ4v) is 2.88. The zero-order valence-electron chi connectivity index (χ0n) is 10.9. The van der Waals surface area contributed by atoms with E-state index in [-0.39, 0.29) is 25.2 Å². The van der Waals surface area contributed by atoms with Gasteiger partial charge in [0.2, 0.25) is 0 Å². The van der Waals surface area contributed by atoms with Crippen molar-refractivity contribution in [3.05, 3.63) is 41.2 Å². The van der Waals surface area contributed by atoms with Gasteiger partial charge in [0, 0.05) is 17.5 Å². The molecular weight excluding hydrogens is 304 g/mol. The van der Waals surface area contributed by atoms with E-state index in [4.69, 9.17) is 0 Å². The van der Waals surface area contributed by atoms with E-state index >= 15 is 0 Å². The van der Waals surface area contributed by atoms with E-state index in [1.807, 2.05) is 0 Å². The monoisotopic (exact) mass is 316 g/mol. The molecule has 7 heteroatoms. The molecule has 2 aromatic rings. The van der Waals surface area contributed by atoms with Gasteiger partial charge in [0.15, 0.2) is 0 Å². The van der Waals surface area contributed by atoms with Crippen molar-refractivity contribution in [1.29, 1.82) is 0 Å². The second-order valence-corrected chi connectivity index (χ2v) is 5.94. The molecule has 1 fully saturated rings. The number of alkyl halides is 3. The number of hydrogen-bond acceptors (Lipinski definition) is 3. The average molecular weight is 316 g/mol. The maximum absolute atomic E-state index is 12.8. The van der Waals surface area contributed by atoms with Gasteiger partial charge in [-0.1, -0.05) is 0 Å². The molecule has 112 valence electrons. The summed E-state index contributed by atoms with van der Waals surface area (Å²) in [6, 6.07) is 5.86. The summed E-state index contributed by atoms with van der Waals surface area (Å²) in [5.41, 5.74) is -0.411. The summed E-state index contributed by atoms with van der Waals surface area (Å²) in [6.07, 6.45) is -3.99. The molecule has 0 atom stereocenters. The van der Waals surface area contributed by atoms with E-state index in [9.17, 15) is 17.6 Å². The third-order valence-electron chi connectivity index (χ3n) is 3.54. The number of halogens is 4. The number of thiazole rings is 1. The van der Waals surface area contributed by atoms with Gasteiger partial charge in [-0.3, -0.25) is 5.32 Å². The minimum Gasteiger partial charge on any atom is -0.298 e. The predicted molar refractivity (Wildman–Crippen MR) is 72.4 cm³/mol. The van der Waals surface area contributed by atoms with Crippen molar-refractivity contribution in [2.24, 2.45) is 0 Å². The first-order valence-electron chi connectivity index (χ1n) is 6.42. The largest absolute Gasteiger partial charge is 0.406 e. The topological polar surface area (TPSA) is 24.9 Å². The van der Waals surface area contributed by atoms with E-state index in [1.54, 1.807) is 17.5 Å². The van der Waals surface area contributed by atoms with Crippen LogP contribution in [0.2, 0.25) is 0 Å². The molecule has 1 saturated carbocycles. The molecule has 21 heavy (non-hydrogen) atoms. The van der Waals surface area contributed by atoms with Crippen LogP contribution in [0.25, 0.3) is 10.6 Å². The number of nitrogens with one attached hydrogen (secondary N) is 1. The molecule has 0 spiro atoms. The molecule has 1 N–H and O–H groups in total. The lowest BCUT2D eigenvalue weighted by Crippen LogP contribution is -2.44. The molecule has 0 unspecified atom stereocenters. The van der Waals surface area contributed by atoms with Gasteiger partial charge < -0.3 is 0 Å². The third kappa shape index (κ3) is 2.94. The normalized spacial score (nSPS) is 17.0. The Labute approximate surface area is 122 Å². The first-order valence-corrected chi connectivity index (χ1v) is 7.30. The summed E-state index contributed by atoms with van der Waals surface area (Å²) in [5, 5.41) is 4.95. The van der Waals surface area contributed by atoms with Gasteiger partial charge in [-0.05, 0) is 37.1 Å². The fraction of sp³-hybridized carbons (Fsp3) is 0.357. The van der Waals surface area contributed by atoms with Crippen molar-refractivity contribution in [3.63, 3.8) is 0 Å². The molecule has 0 bridgehead atoms. The first kappa shape index (κ1) is 14.5. The highest BCUT2D eigenvalue weighted by Crippen LogP contribution is 2.49. The number of aromatic nitrogens is 1. The van der Waals surface area contributed by atoms with E-state index in [2.05, 4.69) is 10.3 Å². The number of hydrogen-bond donors (Lipinski definition) is 1. The number of rotatable bonds is 4. The van der Waals surface area contributed by atoms with Gasteiger partial charge >= 0.3 is 6.18 Å². The molecule has 2 nitrogen and oxygen atoms in total. The smallest absolute Gasteiger partial charge is 0.298 e. The Kier molecular flexibility index (Phi) is 3.49. The Hall–Kier alpha value is -1.47. The minimum atomic E-state index is -4.22. The maximum atomic E-state index is 12.8. The fourth-order valence-electron chi connectivity index (χ4n) is 2.06. The molecule has 1 heterocycles. The maximum Gasteiger partial charge on any atom is 0.406 e. The zero-order chi connectivity index (χ0) is 15.1. The van der Waals surface area contributed by atoms with Crippen LogP contribution in [0.4, 0.5) is 17.6 Å². The lowest BCUT2D eigenvalue weighted by molar-refractivity contribution is -0.166. The number of nitrogens with zero attached hydrogens (tertiary/aromatic N) is 1. The lowest BCUT2D eigenvalue weighted by Gasteiger charge is -2.19. The van der Waals surface area contributed by atoms with Crippen molar-refractivity contribution in [2.75, 3.05) is 0 Å². The Morgan fingerprint density at radius 1 is 1.19 bits per heavy atom. The van der Waals surface area contributed by atoms with Crippen molar-refractivity contribution >= 4 is 11.3 Å². The summed E-state index contributed by atoms with van der Waals surface area (Å²) >= 11 is 1.33. The Balaban J connectivity index is 1.67. The molecule has 1 aromatic carbocycles. The van der Waals surface area contributed by atoms with E-state index in [0.29, 0.717) is 10.7 Å². The highest BCUT2D eigenvalue weighted by molar-refractivity contribution is 7.13. The molecule has 3 rings (SSSR count). The van der Waals surface area contributed by atoms with Crippen molar-refractivity contribution in [3.8, 4) is 10.6 Å². The molecule has 0 radical (unpaired) electrons. The summed E-state index contributed by atoms with van der Waals surface area (Å²) in [4.78, 5) is 4.29. The van der Waals surface area contributed by atoms with Crippen LogP contribution in [-0.4, -0.2) is 16.7 Å². The first-order chi connectivity index (χ1) is 9.90. The molecule has 1 aliphatic rings. The van der Waals surface area contributed by atoms with Gasteiger partial charge in [0.1, 0.15) is 16.4 Å². The van der Waals surface area contributed by atoms with Crippen LogP contribution in [0.5, 0.6) is 0 Å². The standard InChI is InChI=1S/C14H12F4N2S/c15-10-3-1-9(2-4-10)12-20-11(8-21-12)7-19-13(5-6-13)14(16,17)18/h1-4,8,19H,5-7H2. The Morgan fingerprint density at radius 3 is 2.43 bits per heavy atom. The average Bonchev–Trinajstić information content (AvgIpc) is 3.10. The molecule has 0 saturated heterocycles. The van der Waals surface area contributed by atoms with Gasteiger partial charge in [-0.15, -0.1) is 11.3 Å². The van der Waals surface area contributed by atoms with Gasteiger partial charge in [0.05, 0.1) is 5.69 Å². The minimum absolute atomic E-state index is 0.0806. The predicted octanol–water partition coefficient (Wildman–Crippen LogP) is 4.13. The molecular formula is C14H12F4N2S. The summed E-state index contributed by atoms with van der Waals surface area (Å²) < 4.78 is 51.2. The van der Waals surface area contributed by atoms with Crippen LogP contribution in [-0.2, 0) is 6.54 Å². The summed E-state index contributed by atoms with van der Waals surface area (Å²) in [6.45, 7) is 0.0806. The van der Waals surface area contributed by atoms with Crippen LogP contribution < -0.4 is 5.32 Å². The Bertz CT molecular complexity index is 629. The molecule has 0 aliphatic heterocycles. The van der Waals surface area contributed by atoms with Crippen LogP contribution in [0.15, 0.2) is 29.6 Å². The SMILES string of the molecule is Fc1ccc(-c2nc(CNC3(C(F)(F)F)CC3)cs2)cc1. The number of benzene rings is 1. The second kappa shape index (κ2) is 5.06. The van der Waals surface area contributed by atoms with Crippen LogP contribution in [0.3, 0.4) is 0 Å².